The molecule has 0 heterocycles. The Balaban J connectivity index is 2.16. The Morgan fingerprint density at radius 1 is 1.05 bits per heavy atom. The normalized spacial score (nSPS) is 12.8. The van der Waals surface area contributed by atoms with E-state index in [0.29, 0.717) is 11.3 Å². The maximum absolute atomic E-state index is 12.6. The van der Waals surface area contributed by atoms with Crippen molar-refractivity contribution in [3.63, 3.8) is 0 Å². The molecule has 0 amide bonds. The summed E-state index contributed by atoms with van der Waals surface area (Å²) < 4.78 is 25.2. The van der Waals surface area contributed by atoms with E-state index < -0.39 is 15.1 Å². The van der Waals surface area contributed by atoms with Gasteiger partial charge in [-0.3, -0.25) is 0 Å². The van der Waals surface area contributed by atoms with Gasteiger partial charge in [-0.1, -0.05) is 54.1 Å². The zero-order chi connectivity index (χ0) is 15.3. The summed E-state index contributed by atoms with van der Waals surface area (Å²) >= 11 is 0. The van der Waals surface area contributed by atoms with Gasteiger partial charge in [-0.05, 0) is 37.5 Å². The van der Waals surface area contributed by atoms with Crippen molar-refractivity contribution in [2.75, 3.05) is 0 Å². The molecule has 2 rings (SSSR count). The van der Waals surface area contributed by atoms with Crippen molar-refractivity contribution in [1.29, 1.82) is 0 Å². The van der Waals surface area contributed by atoms with Crippen LogP contribution in [0, 0.1) is 6.92 Å². The zero-order valence-electron chi connectivity index (χ0n) is 12.2. The van der Waals surface area contributed by atoms with E-state index in [9.17, 15) is 8.42 Å². The van der Waals surface area contributed by atoms with Gasteiger partial charge in [-0.15, -0.1) is 6.58 Å². The third-order valence-corrected chi connectivity index (χ3v) is 5.73. The Kier molecular flexibility index (Phi) is 4.97. The van der Waals surface area contributed by atoms with Crippen molar-refractivity contribution in [2.24, 2.45) is 0 Å². The van der Waals surface area contributed by atoms with Gasteiger partial charge in [-0.2, -0.15) is 0 Å². The Morgan fingerprint density at radius 2 is 1.67 bits per heavy atom. The summed E-state index contributed by atoms with van der Waals surface area (Å²) in [6.45, 7) is 5.64. The molecule has 2 aromatic rings. The highest BCUT2D eigenvalue weighted by Gasteiger charge is 2.24. The van der Waals surface area contributed by atoms with Crippen LogP contribution in [-0.2, 0) is 16.3 Å². The summed E-state index contributed by atoms with van der Waals surface area (Å²) in [5.74, 6) is 0. The fraction of sp³-hybridized carbons (Fsp3) is 0.222. The second-order valence-electron chi connectivity index (χ2n) is 5.16. The van der Waals surface area contributed by atoms with Crippen molar-refractivity contribution in [2.45, 2.75) is 29.9 Å². The molecule has 21 heavy (non-hydrogen) atoms. The highest BCUT2D eigenvalue weighted by molar-refractivity contribution is 7.92. The molecule has 110 valence electrons. The monoisotopic (exact) mass is 300 g/mol. The fourth-order valence-corrected chi connectivity index (χ4v) is 3.80. The first-order chi connectivity index (χ1) is 10.0. The molecular formula is C18H20O2S. The third-order valence-electron chi connectivity index (χ3n) is 3.57. The molecule has 2 nitrogen and oxygen atoms in total. The lowest BCUT2D eigenvalue weighted by Gasteiger charge is -2.14. The van der Waals surface area contributed by atoms with Gasteiger partial charge in [0.15, 0.2) is 9.84 Å². The van der Waals surface area contributed by atoms with Crippen molar-refractivity contribution >= 4 is 9.84 Å². The van der Waals surface area contributed by atoms with Crippen LogP contribution in [0.4, 0.5) is 0 Å². The van der Waals surface area contributed by atoms with E-state index in [4.69, 9.17) is 0 Å². The first-order valence-electron chi connectivity index (χ1n) is 7.01. The smallest absolute Gasteiger partial charge is 0.184 e. The Bertz CT molecular complexity index is 686. The van der Waals surface area contributed by atoms with Crippen LogP contribution in [0.15, 0.2) is 72.1 Å². The molecule has 3 heteroatoms. The molecule has 1 atom stereocenters. The summed E-state index contributed by atoms with van der Waals surface area (Å²) in [5.41, 5.74) is 2.19. The van der Waals surface area contributed by atoms with Crippen molar-refractivity contribution < 1.29 is 8.42 Å². The van der Waals surface area contributed by atoms with E-state index >= 15 is 0 Å². The van der Waals surface area contributed by atoms with Crippen LogP contribution in [0.3, 0.4) is 0 Å². The average molecular weight is 300 g/mol. The number of rotatable bonds is 6. The second-order valence-corrected chi connectivity index (χ2v) is 7.32. The first-order valence-corrected chi connectivity index (χ1v) is 8.55. The predicted molar refractivity (Wildman–Crippen MR) is 87.1 cm³/mol. The van der Waals surface area contributed by atoms with Crippen LogP contribution in [0.25, 0.3) is 0 Å². The predicted octanol–water partition coefficient (Wildman–Crippen LogP) is 3.96. The molecular weight excluding hydrogens is 280 g/mol. The van der Waals surface area contributed by atoms with Crippen molar-refractivity contribution in [3.8, 4) is 0 Å². The van der Waals surface area contributed by atoms with E-state index in [1.165, 1.54) is 6.08 Å². The molecule has 0 bridgehead atoms. The van der Waals surface area contributed by atoms with Gasteiger partial charge >= 0.3 is 0 Å². The van der Waals surface area contributed by atoms with Gasteiger partial charge in [0.1, 0.15) is 0 Å². The Morgan fingerprint density at radius 3 is 2.24 bits per heavy atom. The molecule has 0 saturated heterocycles. The number of sulfone groups is 1. The maximum atomic E-state index is 12.6. The highest BCUT2D eigenvalue weighted by atomic mass is 32.2. The molecule has 0 unspecified atom stereocenters. The number of hydrogen-bond acceptors (Lipinski definition) is 2. The minimum absolute atomic E-state index is 0.367. The molecule has 0 saturated carbocycles. The summed E-state index contributed by atoms with van der Waals surface area (Å²) in [4.78, 5) is 0.367. The van der Waals surface area contributed by atoms with E-state index in [-0.39, 0.29) is 0 Å². The Labute approximate surface area is 127 Å². The largest absolute Gasteiger partial charge is 0.223 e. The van der Waals surface area contributed by atoms with Crippen LogP contribution in [0.5, 0.6) is 0 Å². The number of aryl methyl sites for hydroxylation is 2. The van der Waals surface area contributed by atoms with E-state index in [1.807, 2.05) is 49.4 Å². The number of hydrogen-bond donors (Lipinski definition) is 0. The van der Waals surface area contributed by atoms with E-state index in [1.54, 1.807) is 12.1 Å². The van der Waals surface area contributed by atoms with E-state index in [0.717, 1.165) is 17.5 Å². The van der Waals surface area contributed by atoms with Crippen LogP contribution in [0.2, 0.25) is 0 Å². The summed E-state index contributed by atoms with van der Waals surface area (Å²) in [7, 11) is -3.36. The van der Waals surface area contributed by atoms with Crippen molar-refractivity contribution in [3.05, 3.63) is 78.4 Å². The lowest BCUT2D eigenvalue weighted by Crippen LogP contribution is -2.20. The lowest BCUT2D eigenvalue weighted by molar-refractivity contribution is 0.584. The quantitative estimate of drug-likeness (QED) is 0.757. The fourth-order valence-electron chi connectivity index (χ4n) is 2.26. The molecule has 0 aliphatic carbocycles. The Hall–Kier alpha value is -1.87. The summed E-state index contributed by atoms with van der Waals surface area (Å²) in [6, 6.07) is 16.9. The van der Waals surface area contributed by atoms with Gasteiger partial charge in [-0.25, -0.2) is 8.42 Å². The molecule has 0 radical (unpaired) electrons. The van der Waals surface area contributed by atoms with Crippen molar-refractivity contribution in [1.82, 2.24) is 0 Å². The molecule has 0 aliphatic heterocycles. The van der Waals surface area contributed by atoms with Crippen LogP contribution in [-0.4, -0.2) is 13.7 Å². The first kappa shape index (κ1) is 15.5. The highest BCUT2D eigenvalue weighted by Crippen LogP contribution is 2.21. The van der Waals surface area contributed by atoms with Crippen LogP contribution in [0.1, 0.15) is 17.5 Å². The molecule has 0 N–H and O–H groups in total. The van der Waals surface area contributed by atoms with Gasteiger partial charge in [0.2, 0.25) is 0 Å². The number of benzene rings is 2. The maximum Gasteiger partial charge on any atom is 0.184 e. The molecule has 0 fully saturated rings. The molecule has 0 spiro atoms. The molecule has 0 aromatic heterocycles. The van der Waals surface area contributed by atoms with Gasteiger partial charge in [0.25, 0.3) is 0 Å². The van der Waals surface area contributed by atoms with Crippen LogP contribution >= 0.6 is 0 Å². The van der Waals surface area contributed by atoms with Gasteiger partial charge in [0.05, 0.1) is 10.1 Å². The minimum Gasteiger partial charge on any atom is -0.223 e. The summed E-state index contributed by atoms with van der Waals surface area (Å²) in [5, 5.41) is -0.555. The summed E-state index contributed by atoms with van der Waals surface area (Å²) in [6.07, 6.45) is 2.81. The average Bonchev–Trinajstić information content (AvgIpc) is 2.49. The third kappa shape index (κ3) is 3.82. The minimum atomic E-state index is -3.36. The SMILES string of the molecule is C=C[C@@H](CCc1ccccc1)S(=O)(=O)c1ccc(C)cc1. The van der Waals surface area contributed by atoms with Crippen LogP contribution < -0.4 is 0 Å². The lowest BCUT2D eigenvalue weighted by atomic mass is 10.1. The zero-order valence-corrected chi connectivity index (χ0v) is 13.0. The second kappa shape index (κ2) is 6.72. The van der Waals surface area contributed by atoms with E-state index in [2.05, 4.69) is 6.58 Å². The molecule has 0 aliphatic rings. The standard InChI is InChI=1S/C18H20O2S/c1-3-17(14-11-16-7-5-4-6-8-16)21(19,20)18-12-9-15(2)10-13-18/h3-10,12-13,17H,1,11,14H2,2H3/t17-/m0/s1. The van der Waals surface area contributed by atoms with Gasteiger partial charge in [0, 0.05) is 0 Å². The topological polar surface area (TPSA) is 34.1 Å². The molecule has 2 aromatic carbocycles. The van der Waals surface area contributed by atoms with Gasteiger partial charge < -0.3 is 0 Å².